The van der Waals surface area contributed by atoms with Crippen LogP contribution in [-0.2, 0) is 0 Å². The predicted octanol–water partition coefficient (Wildman–Crippen LogP) is 3.98. The van der Waals surface area contributed by atoms with Gasteiger partial charge < -0.3 is 5.11 Å². The number of rotatable bonds is 6. The van der Waals surface area contributed by atoms with Crippen LogP contribution in [0.15, 0.2) is 58.5 Å². The summed E-state index contributed by atoms with van der Waals surface area (Å²) in [5.41, 5.74) is 2.66. The van der Waals surface area contributed by atoms with E-state index >= 15 is 0 Å². The molecule has 1 N–H and O–H groups in total. The smallest absolute Gasteiger partial charge is 0.266 e. The number of fused-ring (bicyclic) bond motifs is 1. The second-order valence-corrected chi connectivity index (χ2v) is 7.09. The Hall–Kier alpha value is -2.11. The third kappa shape index (κ3) is 3.62. The third-order valence-corrected chi connectivity index (χ3v) is 5.32. The van der Waals surface area contributed by atoms with Crippen molar-refractivity contribution in [1.29, 1.82) is 0 Å². The number of para-hydroxylation sites is 1. The fraction of sp³-hybridized carbons (Fsp3) is 0.300. The standard InChI is InChI=1S/C20H22N2O2S/c1-3-14(2)15-8-10-16(11-9-15)22-19(24)17-6-4-5-7-18(17)21-20(22)25-13-12-23/h4-11,14,23H,3,12-13H2,1-2H3/t14-/m0/s1. The first-order valence-corrected chi connectivity index (χ1v) is 9.50. The van der Waals surface area contributed by atoms with E-state index in [9.17, 15) is 4.79 Å². The van der Waals surface area contributed by atoms with Gasteiger partial charge >= 0.3 is 0 Å². The number of hydrogen-bond acceptors (Lipinski definition) is 4. The minimum atomic E-state index is -0.0812. The van der Waals surface area contributed by atoms with Gasteiger partial charge in [-0.05, 0) is 42.2 Å². The normalized spacial score (nSPS) is 12.4. The summed E-state index contributed by atoms with van der Waals surface area (Å²) in [7, 11) is 0. The SMILES string of the molecule is CC[C@H](C)c1ccc(-n2c(SCCO)nc3ccccc3c2=O)cc1. The molecule has 1 heterocycles. The quantitative estimate of drug-likeness (QED) is 0.537. The Morgan fingerprint density at radius 2 is 1.88 bits per heavy atom. The fourth-order valence-corrected chi connectivity index (χ4v) is 3.52. The van der Waals surface area contributed by atoms with E-state index in [0.717, 1.165) is 12.1 Å². The highest BCUT2D eigenvalue weighted by molar-refractivity contribution is 7.99. The molecule has 1 aromatic heterocycles. The summed E-state index contributed by atoms with van der Waals surface area (Å²) in [6, 6.07) is 15.5. The molecule has 0 bridgehead atoms. The van der Waals surface area contributed by atoms with E-state index < -0.39 is 0 Å². The molecular formula is C20H22N2O2S. The van der Waals surface area contributed by atoms with Crippen molar-refractivity contribution in [2.24, 2.45) is 0 Å². The molecule has 0 unspecified atom stereocenters. The summed E-state index contributed by atoms with van der Waals surface area (Å²) in [5.74, 6) is 0.985. The maximum atomic E-state index is 13.0. The van der Waals surface area contributed by atoms with Gasteiger partial charge in [0, 0.05) is 5.75 Å². The van der Waals surface area contributed by atoms with Crippen LogP contribution in [-0.4, -0.2) is 27.0 Å². The molecule has 1 atom stereocenters. The van der Waals surface area contributed by atoms with Crippen molar-refractivity contribution in [2.75, 3.05) is 12.4 Å². The predicted molar refractivity (Wildman–Crippen MR) is 104 cm³/mol. The Labute approximate surface area is 151 Å². The Morgan fingerprint density at radius 3 is 2.56 bits per heavy atom. The molecule has 0 aliphatic rings. The molecule has 5 heteroatoms. The zero-order valence-corrected chi connectivity index (χ0v) is 15.3. The van der Waals surface area contributed by atoms with Gasteiger partial charge in [-0.3, -0.25) is 9.36 Å². The minimum absolute atomic E-state index is 0.0420. The first-order chi connectivity index (χ1) is 12.2. The Kier molecular flexibility index (Phi) is 5.56. The van der Waals surface area contributed by atoms with Crippen molar-refractivity contribution in [3.63, 3.8) is 0 Å². The van der Waals surface area contributed by atoms with Gasteiger partial charge in [0.25, 0.3) is 5.56 Å². The molecule has 0 fully saturated rings. The van der Waals surface area contributed by atoms with Crippen molar-refractivity contribution >= 4 is 22.7 Å². The molecule has 0 radical (unpaired) electrons. The molecule has 25 heavy (non-hydrogen) atoms. The summed E-state index contributed by atoms with van der Waals surface area (Å²) in [6.07, 6.45) is 1.08. The molecule has 0 aliphatic heterocycles. The number of thioether (sulfide) groups is 1. The Morgan fingerprint density at radius 1 is 1.16 bits per heavy atom. The highest BCUT2D eigenvalue weighted by Crippen LogP contribution is 2.23. The van der Waals surface area contributed by atoms with Crippen molar-refractivity contribution in [2.45, 2.75) is 31.3 Å². The highest BCUT2D eigenvalue weighted by Gasteiger charge is 2.13. The summed E-state index contributed by atoms with van der Waals surface area (Å²) in [5, 5.41) is 10.4. The molecule has 3 aromatic rings. The van der Waals surface area contributed by atoms with Crippen LogP contribution in [0, 0.1) is 0 Å². The van der Waals surface area contributed by atoms with Gasteiger partial charge in [-0.25, -0.2) is 4.98 Å². The lowest BCUT2D eigenvalue weighted by molar-refractivity contribution is 0.322. The number of benzene rings is 2. The minimum Gasteiger partial charge on any atom is -0.396 e. The van der Waals surface area contributed by atoms with Gasteiger partial charge in [-0.1, -0.05) is 49.9 Å². The second kappa shape index (κ2) is 7.85. The number of aliphatic hydroxyl groups excluding tert-OH is 1. The average molecular weight is 354 g/mol. The lowest BCUT2D eigenvalue weighted by Gasteiger charge is -2.14. The molecule has 2 aromatic carbocycles. The first kappa shape index (κ1) is 17.7. The van der Waals surface area contributed by atoms with Gasteiger partial charge in [0.15, 0.2) is 5.16 Å². The molecule has 0 saturated heterocycles. The number of hydrogen-bond donors (Lipinski definition) is 1. The lowest BCUT2D eigenvalue weighted by Crippen LogP contribution is -2.22. The Balaban J connectivity index is 2.15. The van der Waals surface area contributed by atoms with E-state index in [-0.39, 0.29) is 12.2 Å². The van der Waals surface area contributed by atoms with Crippen LogP contribution in [0.2, 0.25) is 0 Å². The van der Waals surface area contributed by atoms with Crippen molar-refractivity contribution in [3.05, 3.63) is 64.4 Å². The summed E-state index contributed by atoms with van der Waals surface area (Å²) in [6.45, 7) is 4.40. The van der Waals surface area contributed by atoms with Crippen molar-refractivity contribution < 1.29 is 5.11 Å². The fourth-order valence-electron chi connectivity index (χ4n) is 2.76. The first-order valence-electron chi connectivity index (χ1n) is 8.51. The van der Waals surface area contributed by atoms with Gasteiger partial charge in [-0.15, -0.1) is 0 Å². The third-order valence-electron chi connectivity index (χ3n) is 4.40. The van der Waals surface area contributed by atoms with Gasteiger partial charge in [0.2, 0.25) is 0 Å². The molecule has 0 spiro atoms. The van der Waals surface area contributed by atoms with Gasteiger partial charge in [0.05, 0.1) is 23.2 Å². The lowest BCUT2D eigenvalue weighted by atomic mass is 9.98. The maximum Gasteiger partial charge on any atom is 0.266 e. The van der Waals surface area contributed by atoms with Gasteiger partial charge in [0.1, 0.15) is 0 Å². The van der Waals surface area contributed by atoms with Crippen LogP contribution in [0.25, 0.3) is 16.6 Å². The van der Waals surface area contributed by atoms with Crippen LogP contribution < -0.4 is 5.56 Å². The number of aliphatic hydroxyl groups is 1. The summed E-state index contributed by atoms with van der Waals surface area (Å²) in [4.78, 5) is 17.7. The Bertz CT molecular complexity index is 919. The molecule has 4 nitrogen and oxygen atoms in total. The van der Waals surface area contributed by atoms with Crippen LogP contribution in [0.1, 0.15) is 31.7 Å². The van der Waals surface area contributed by atoms with Gasteiger partial charge in [-0.2, -0.15) is 0 Å². The zero-order chi connectivity index (χ0) is 17.8. The van der Waals surface area contributed by atoms with Crippen LogP contribution in [0.5, 0.6) is 0 Å². The van der Waals surface area contributed by atoms with E-state index in [4.69, 9.17) is 5.11 Å². The summed E-state index contributed by atoms with van der Waals surface area (Å²) >= 11 is 1.39. The van der Waals surface area contributed by atoms with E-state index in [1.165, 1.54) is 17.3 Å². The highest BCUT2D eigenvalue weighted by atomic mass is 32.2. The maximum absolute atomic E-state index is 13.0. The number of nitrogens with zero attached hydrogens (tertiary/aromatic N) is 2. The van der Waals surface area contributed by atoms with Crippen molar-refractivity contribution in [1.82, 2.24) is 9.55 Å². The zero-order valence-electron chi connectivity index (χ0n) is 14.5. The second-order valence-electron chi connectivity index (χ2n) is 6.02. The van der Waals surface area contributed by atoms with E-state index in [1.807, 2.05) is 30.3 Å². The van der Waals surface area contributed by atoms with E-state index in [0.29, 0.717) is 27.7 Å². The molecular weight excluding hydrogens is 332 g/mol. The van der Waals surface area contributed by atoms with E-state index in [1.54, 1.807) is 10.6 Å². The van der Waals surface area contributed by atoms with Crippen LogP contribution in [0.4, 0.5) is 0 Å². The van der Waals surface area contributed by atoms with Crippen LogP contribution >= 0.6 is 11.8 Å². The molecule has 3 rings (SSSR count). The number of aromatic nitrogens is 2. The largest absolute Gasteiger partial charge is 0.396 e. The average Bonchev–Trinajstić information content (AvgIpc) is 2.66. The molecule has 0 aliphatic carbocycles. The summed E-state index contributed by atoms with van der Waals surface area (Å²) < 4.78 is 1.64. The molecule has 0 amide bonds. The topological polar surface area (TPSA) is 55.1 Å². The molecule has 0 saturated carbocycles. The molecule has 130 valence electrons. The monoisotopic (exact) mass is 354 g/mol. The van der Waals surface area contributed by atoms with E-state index in [2.05, 4.69) is 31.0 Å². The van der Waals surface area contributed by atoms with Crippen molar-refractivity contribution in [3.8, 4) is 5.69 Å². The van der Waals surface area contributed by atoms with Crippen LogP contribution in [0.3, 0.4) is 0 Å².